The Balaban J connectivity index is 1.96. The molecule has 0 heterocycles. The second-order valence-corrected chi connectivity index (χ2v) is 5.18. The summed E-state index contributed by atoms with van der Waals surface area (Å²) in [5.74, 6) is 1.71. The van der Waals surface area contributed by atoms with Crippen LogP contribution in [0, 0.1) is 6.92 Å². The molecular weight excluding hydrogens is 306 g/mol. The van der Waals surface area contributed by atoms with Crippen molar-refractivity contribution < 1.29 is 19.0 Å². The Hall–Kier alpha value is -2.69. The number of amides is 1. The van der Waals surface area contributed by atoms with E-state index in [1.807, 2.05) is 45.0 Å². The molecule has 0 aliphatic rings. The van der Waals surface area contributed by atoms with Crippen molar-refractivity contribution in [2.45, 2.75) is 20.8 Å². The van der Waals surface area contributed by atoms with Gasteiger partial charge in [-0.25, -0.2) is 0 Å². The smallest absolute Gasteiger partial charge is 0.262 e. The highest BCUT2D eigenvalue weighted by molar-refractivity contribution is 5.92. The van der Waals surface area contributed by atoms with Crippen molar-refractivity contribution >= 4 is 11.6 Å². The minimum atomic E-state index is -0.233. The molecule has 0 saturated heterocycles. The molecule has 0 atom stereocenters. The topological polar surface area (TPSA) is 56.8 Å². The fourth-order valence-electron chi connectivity index (χ4n) is 2.18. The van der Waals surface area contributed by atoms with Crippen LogP contribution in [-0.4, -0.2) is 25.7 Å². The van der Waals surface area contributed by atoms with Crippen molar-refractivity contribution in [1.29, 1.82) is 0 Å². The van der Waals surface area contributed by atoms with Crippen LogP contribution in [0.3, 0.4) is 0 Å². The molecule has 0 aliphatic carbocycles. The van der Waals surface area contributed by atoms with Gasteiger partial charge in [0.05, 0.1) is 13.2 Å². The minimum absolute atomic E-state index is 0.0549. The fourth-order valence-corrected chi connectivity index (χ4v) is 2.18. The number of nitrogens with one attached hydrogen (secondary N) is 1. The molecule has 0 fully saturated rings. The monoisotopic (exact) mass is 329 g/mol. The highest BCUT2D eigenvalue weighted by atomic mass is 16.5. The summed E-state index contributed by atoms with van der Waals surface area (Å²) in [5, 5.41) is 2.80. The molecule has 0 saturated carbocycles. The average Bonchev–Trinajstić information content (AvgIpc) is 2.56. The van der Waals surface area contributed by atoms with Crippen LogP contribution in [0.5, 0.6) is 17.2 Å². The zero-order valence-corrected chi connectivity index (χ0v) is 14.3. The van der Waals surface area contributed by atoms with Gasteiger partial charge in [-0.2, -0.15) is 0 Å². The number of benzene rings is 2. The fraction of sp³-hybridized carbons (Fsp3) is 0.316. The first-order valence-electron chi connectivity index (χ1n) is 8.01. The first-order valence-corrected chi connectivity index (χ1v) is 8.01. The number of hydrogen-bond donors (Lipinski definition) is 1. The molecule has 2 aromatic carbocycles. The van der Waals surface area contributed by atoms with Gasteiger partial charge in [0.2, 0.25) is 0 Å². The van der Waals surface area contributed by atoms with E-state index >= 15 is 0 Å². The van der Waals surface area contributed by atoms with Crippen LogP contribution in [0.4, 0.5) is 5.69 Å². The summed E-state index contributed by atoms with van der Waals surface area (Å²) in [5.41, 5.74) is 1.72. The summed E-state index contributed by atoms with van der Waals surface area (Å²) in [6.45, 7) is 6.80. The van der Waals surface area contributed by atoms with Crippen molar-refractivity contribution in [2.24, 2.45) is 0 Å². The van der Waals surface area contributed by atoms with E-state index in [4.69, 9.17) is 14.2 Å². The molecule has 0 unspecified atom stereocenters. The van der Waals surface area contributed by atoms with Crippen LogP contribution in [0.2, 0.25) is 0 Å². The largest absolute Gasteiger partial charge is 0.490 e. The van der Waals surface area contributed by atoms with Gasteiger partial charge in [0, 0.05) is 11.8 Å². The SMILES string of the molecule is CCOc1ccc(NC(=O)COc2cccc(C)c2)cc1OCC. The first kappa shape index (κ1) is 17.7. The van der Waals surface area contributed by atoms with Crippen molar-refractivity contribution in [2.75, 3.05) is 25.1 Å². The lowest BCUT2D eigenvalue weighted by Crippen LogP contribution is -2.20. The maximum atomic E-state index is 12.0. The molecule has 0 bridgehead atoms. The van der Waals surface area contributed by atoms with Gasteiger partial charge in [0.15, 0.2) is 18.1 Å². The molecule has 1 amide bonds. The molecule has 1 N–H and O–H groups in total. The Morgan fingerprint density at radius 1 is 0.958 bits per heavy atom. The Bertz CT molecular complexity index is 685. The molecule has 0 aromatic heterocycles. The van der Waals surface area contributed by atoms with Gasteiger partial charge in [0.25, 0.3) is 5.91 Å². The van der Waals surface area contributed by atoms with Gasteiger partial charge >= 0.3 is 0 Å². The standard InChI is InChI=1S/C19H23NO4/c1-4-22-17-10-9-15(12-18(17)23-5-2)20-19(21)13-24-16-8-6-7-14(3)11-16/h6-12H,4-5,13H2,1-3H3,(H,20,21). The Morgan fingerprint density at radius 3 is 2.42 bits per heavy atom. The molecule has 5 heteroatoms. The van der Waals surface area contributed by atoms with E-state index in [9.17, 15) is 4.79 Å². The zero-order valence-electron chi connectivity index (χ0n) is 14.3. The van der Waals surface area contributed by atoms with Crippen LogP contribution >= 0.6 is 0 Å². The molecule has 128 valence electrons. The molecule has 5 nitrogen and oxygen atoms in total. The number of hydrogen-bond acceptors (Lipinski definition) is 4. The third-order valence-corrected chi connectivity index (χ3v) is 3.19. The summed E-state index contributed by atoms with van der Waals surface area (Å²) >= 11 is 0. The van der Waals surface area contributed by atoms with E-state index in [1.54, 1.807) is 18.2 Å². The number of ether oxygens (including phenoxy) is 3. The number of carbonyl (C=O) groups excluding carboxylic acids is 1. The predicted molar refractivity (Wildman–Crippen MR) is 94.1 cm³/mol. The van der Waals surface area contributed by atoms with Crippen LogP contribution in [-0.2, 0) is 4.79 Å². The second kappa shape index (κ2) is 8.82. The molecule has 2 rings (SSSR count). The highest BCUT2D eigenvalue weighted by Crippen LogP contribution is 2.30. The minimum Gasteiger partial charge on any atom is -0.490 e. The van der Waals surface area contributed by atoms with Gasteiger partial charge in [0.1, 0.15) is 5.75 Å². The maximum absolute atomic E-state index is 12.0. The van der Waals surface area contributed by atoms with Crippen molar-refractivity contribution in [3.63, 3.8) is 0 Å². The lowest BCUT2D eigenvalue weighted by Gasteiger charge is -2.13. The predicted octanol–water partition coefficient (Wildman–Crippen LogP) is 3.81. The average molecular weight is 329 g/mol. The van der Waals surface area contributed by atoms with Crippen molar-refractivity contribution in [1.82, 2.24) is 0 Å². The molecule has 0 aliphatic heterocycles. The zero-order chi connectivity index (χ0) is 17.4. The van der Waals surface area contributed by atoms with E-state index in [-0.39, 0.29) is 12.5 Å². The second-order valence-electron chi connectivity index (χ2n) is 5.18. The van der Waals surface area contributed by atoms with Gasteiger partial charge in [-0.15, -0.1) is 0 Å². The molecule has 2 aromatic rings. The van der Waals surface area contributed by atoms with Crippen LogP contribution < -0.4 is 19.5 Å². The van der Waals surface area contributed by atoms with Gasteiger partial charge in [-0.3, -0.25) is 4.79 Å². The summed E-state index contributed by atoms with van der Waals surface area (Å²) in [7, 11) is 0. The van der Waals surface area contributed by atoms with E-state index in [0.29, 0.717) is 36.1 Å². The summed E-state index contributed by atoms with van der Waals surface area (Å²) in [4.78, 5) is 12.0. The van der Waals surface area contributed by atoms with E-state index in [2.05, 4.69) is 5.32 Å². The molecule has 0 radical (unpaired) electrons. The normalized spacial score (nSPS) is 10.1. The summed E-state index contributed by atoms with van der Waals surface area (Å²) < 4.78 is 16.5. The van der Waals surface area contributed by atoms with Crippen LogP contribution in [0.15, 0.2) is 42.5 Å². The highest BCUT2D eigenvalue weighted by Gasteiger charge is 2.09. The van der Waals surface area contributed by atoms with Gasteiger partial charge in [-0.1, -0.05) is 12.1 Å². The van der Waals surface area contributed by atoms with E-state index in [0.717, 1.165) is 5.56 Å². The Kier molecular flexibility index (Phi) is 6.49. The van der Waals surface area contributed by atoms with Crippen LogP contribution in [0.25, 0.3) is 0 Å². The van der Waals surface area contributed by atoms with E-state index in [1.165, 1.54) is 0 Å². The Labute approximate surface area is 142 Å². The van der Waals surface area contributed by atoms with Gasteiger partial charge in [-0.05, 0) is 50.6 Å². The molecule has 24 heavy (non-hydrogen) atoms. The summed E-state index contributed by atoms with van der Waals surface area (Å²) in [6, 6.07) is 12.9. The number of carbonyl (C=O) groups is 1. The quantitative estimate of drug-likeness (QED) is 0.800. The van der Waals surface area contributed by atoms with Crippen LogP contribution in [0.1, 0.15) is 19.4 Å². The third-order valence-electron chi connectivity index (χ3n) is 3.19. The lowest BCUT2D eigenvalue weighted by atomic mass is 10.2. The van der Waals surface area contributed by atoms with Crippen molar-refractivity contribution in [3.05, 3.63) is 48.0 Å². The van der Waals surface area contributed by atoms with Crippen molar-refractivity contribution in [3.8, 4) is 17.2 Å². The molecular formula is C19H23NO4. The number of rotatable bonds is 8. The molecule has 0 spiro atoms. The Morgan fingerprint density at radius 2 is 1.71 bits per heavy atom. The van der Waals surface area contributed by atoms with Gasteiger partial charge < -0.3 is 19.5 Å². The maximum Gasteiger partial charge on any atom is 0.262 e. The first-order chi connectivity index (χ1) is 11.6. The van der Waals surface area contributed by atoms with E-state index < -0.39 is 0 Å². The number of aryl methyl sites for hydroxylation is 1. The number of anilines is 1. The lowest BCUT2D eigenvalue weighted by molar-refractivity contribution is -0.118. The summed E-state index contributed by atoms with van der Waals surface area (Å²) in [6.07, 6.45) is 0. The third kappa shape index (κ3) is 5.19.